The molecule has 0 aliphatic carbocycles. The van der Waals surface area contributed by atoms with Gasteiger partial charge in [0.1, 0.15) is 0 Å². The number of hydrogen-bond donors (Lipinski definition) is 1. The Morgan fingerprint density at radius 1 is 1.00 bits per heavy atom. The molecule has 2 atom stereocenters. The quantitative estimate of drug-likeness (QED) is 0.429. The van der Waals surface area contributed by atoms with E-state index in [1.54, 1.807) is 0 Å². The highest BCUT2D eigenvalue weighted by atomic mass is 79.9. The molecule has 0 bridgehead atoms. The van der Waals surface area contributed by atoms with Crippen molar-refractivity contribution in [3.05, 3.63) is 92.9 Å². The van der Waals surface area contributed by atoms with Crippen LogP contribution in [0.2, 0.25) is 0 Å². The average Bonchev–Trinajstić information content (AvgIpc) is 2.70. The van der Waals surface area contributed by atoms with Crippen molar-refractivity contribution in [3.63, 3.8) is 0 Å². The summed E-state index contributed by atoms with van der Waals surface area (Å²) in [5.74, 6) is 0.0452. The third kappa shape index (κ3) is 3.74. The van der Waals surface area contributed by atoms with E-state index in [2.05, 4.69) is 56.2 Å². The van der Waals surface area contributed by atoms with E-state index < -0.39 is 0 Å². The Morgan fingerprint density at radius 2 is 1.71 bits per heavy atom. The number of carbonyl (C=O) groups excluding carboxylic acids is 1. The van der Waals surface area contributed by atoms with Crippen LogP contribution in [0.15, 0.2) is 81.7 Å². The number of rotatable bonds is 3. The lowest BCUT2D eigenvalue weighted by molar-refractivity contribution is 0.0974. The molecule has 4 rings (SSSR count). The lowest BCUT2D eigenvalue weighted by Crippen LogP contribution is -2.44. The van der Waals surface area contributed by atoms with Crippen LogP contribution in [0.1, 0.15) is 35.3 Å². The monoisotopic (exact) mass is 498 g/mol. The molecule has 1 heterocycles. The molecule has 3 aromatic carbocycles. The van der Waals surface area contributed by atoms with Crippen molar-refractivity contribution in [1.29, 1.82) is 0 Å². The van der Waals surface area contributed by atoms with Gasteiger partial charge in [0.25, 0.3) is 5.91 Å². The van der Waals surface area contributed by atoms with Crippen molar-refractivity contribution >= 4 is 49.1 Å². The van der Waals surface area contributed by atoms with Gasteiger partial charge in [-0.1, -0.05) is 52.3 Å². The summed E-state index contributed by atoms with van der Waals surface area (Å²) in [5, 5.41) is 3.66. The Balaban J connectivity index is 1.69. The highest BCUT2D eigenvalue weighted by Crippen LogP contribution is 2.40. The number of nitrogens with zero attached hydrogens (tertiary/aromatic N) is 1. The van der Waals surface area contributed by atoms with E-state index in [4.69, 9.17) is 0 Å². The number of amides is 1. The van der Waals surface area contributed by atoms with Gasteiger partial charge in [0.15, 0.2) is 0 Å². The number of carbonyl (C=O) groups is 1. The molecule has 1 N–H and O–H groups in total. The van der Waals surface area contributed by atoms with Crippen LogP contribution in [0.4, 0.5) is 11.4 Å². The maximum Gasteiger partial charge on any atom is 0.258 e. The number of benzene rings is 3. The molecular weight excluding hydrogens is 480 g/mol. The fourth-order valence-electron chi connectivity index (χ4n) is 3.77. The standard InChI is InChI=1S/C23H20Br2N2O/c1-15-13-21(26-20-12-11-17(24)14-19(20)25)18-9-5-6-10-22(18)27(15)23(28)16-7-3-2-4-8-16/h2-12,14-15,21,26H,13H2,1H3/t15-,21-/m0/s1. The van der Waals surface area contributed by atoms with Crippen LogP contribution in [0.25, 0.3) is 0 Å². The zero-order chi connectivity index (χ0) is 19.7. The molecule has 3 aromatic rings. The van der Waals surface area contributed by atoms with Crippen LogP contribution in [0, 0.1) is 0 Å². The first-order chi connectivity index (χ1) is 13.5. The Bertz CT molecular complexity index is 1010. The zero-order valence-electron chi connectivity index (χ0n) is 15.4. The minimum Gasteiger partial charge on any atom is -0.377 e. The number of para-hydroxylation sites is 1. The van der Waals surface area contributed by atoms with Crippen LogP contribution in [0.5, 0.6) is 0 Å². The first kappa shape index (κ1) is 19.2. The van der Waals surface area contributed by atoms with Crippen molar-refractivity contribution in [2.24, 2.45) is 0 Å². The SMILES string of the molecule is C[C@H]1C[C@H](Nc2ccc(Br)cc2Br)c2ccccc2N1C(=O)c1ccccc1. The van der Waals surface area contributed by atoms with Crippen molar-refractivity contribution in [2.75, 3.05) is 10.2 Å². The van der Waals surface area contributed by atoms with E-state index in [1.165, 1.54) is 0 Å². The van der Waals surface area contributed by atoms with Gasteiger partial charge in [0.2, 0.25) is 0 Å². The number of anilines is 2. The van der Waals surface area contributed by atoms with Gasteiger partial charge in [-0.25, -0.2) is 0 Å². The van der Waals surface area contributed by atoms with E-state index in [0.717, 1.165) is 32.3 Å². The molecule has 0 saturated carbocycles. The van der Waals surface area contributed by atoms with Gasteiger partial charge in [-0.05, 0) is 71.2 Å². The summed E-state index contributed by atoms with van der Waals surface area (Å²) < 4.78 is 2.04. The molecule has 28 heavy (non-hydrogen) atoms. The Hall–Kier alpha value is -2.11. The number of hydrogen-bond acceptors (Lipinski definition) is 2. The van der Waals surface area contributed by atoms with Gasteiger partial charge in [-0.15, -0.1) is 0 Å². The van der Waals surface area contributed by atoms with Crippen LogP contribution < -0.4 is 10.2 Å². The van der Waals surface area contributed by atoms with Gasteiger partial charge in [0.05, 0.1) is 6.04 Å². The van der Waals surface area contributed by atoms with E-state index >= 15 is 0 Å². The predicted molar refractivity (Wildman–Crippen MR) is 122 cm³/mol. The average molecular weight is 500 g/mol. The minimum absolute atomic E-state index is 0.0452. The molecule has 0 saturated heterocycles. The molecule has 1 aliphatic heterocycles. The van der Waals surface area contributed by atoms with Gasteiger partial charge in [-0.2, -0.15) is 0 Å². The van der Waals surface area contributed by atoms with E-state index in [0.29, 0.717) is 5.56 Å². The number of fused-ring (bicyclic) bond motifs is 1. The summed E-state index contributed by atoms with van der Waals surface area (Å²) in [6.45, 7) is 2.11. The van der Waals surface area contributed by atoms with Crippen molar-refractivity contribution in [1.82, 2.24) is 0 Å². The maximum atomic E-state index is 13.2. The summed E-state index contributed by atoms with van der Waals surface area (Å²) in [7, 11) is 0. The second kappa shape index (κ2) is 8.10. The van der Waals surface area contributed by atoms with Gasteiger partial charge in [0, 0.05) is 31.9 Å². The minimum atomic E-state index is 0.0452. The summed E-state index contributed by atoms with van der Waals surface area (Å²) in [4.78, 5) is 15.2. The van der Waals surface area contributed by atoms with E-state index in [1.807, 2.05) is 65.6 Å². The molecule has 0 fully saturated rings. The van der Waals surface area contributed by atoms with Crippen molar-refractivity contribution < 1.29 is 4.79 Å². The van der Waals surface area contributed by atoms with Crippen molar-refractivity contribution in [3.8, 4) is 0 Å². The van der Waals surface area contributed by atoms with Crippen LogP contribution >= 0.6 is 31.9 Å². The van der Waals surface area contributed by atoms with Gasteiger partial charge >= 0.3 is 0 Å². The molecule has 1 aliphatic rings. The Morgan fingerprint density at radius 3 is 2.46 bits per heavy atom. The largest absolute Gasteiger partial charge is 0.377 e. The summed E-state index contributed by atoms with van der Waals surface area (Å²) in [6.07, 6.45) is 0.831. The first-order valence-electron chi connectivity index (χ1n) is 9.23. The molecule has 142 valence electrons. The molecular formula is C23H20Br2N2O. The Labute approximate surface area is 182 Å². The van der Waals surface area contributed by atoms with Crippen molar-refractivity contribution in [2.45, 2.75) is 25.4 Å². The second-order valence-electron chi connectivity index (χ2n) is 7.01. The van der Waals surface area contributed by atoms with Crippen LogP contribution in [0.3, 0.4) is 0 Å². The molecule has 0 aromatic heterocycles. The first-order valence-corrected chi connectivity index (χ1v) is 10.8. The zero-order valence-corrected chi connectivity index (χ0v) is 18.6. The fourth-order valence-corrected chi connectivity index (χ4v) is 4.93. The maximum absolute atomic E-state index is 13.2. The van der Waals surface area contributed by atoms with Crippen LogP contribution in [-0.4, -0.2) is 11.9 Å². The third-order valence-electron chi connectivity index (χ3n) is 5.09. The van der Waals surface area contributed by atoms with E-state index in [9.17, 15) is 4.79 Å². The lowest BCUT2D eigenvalue weighted by atomic mass is 9.90. The van der Waals surface area contributed by atoms with Crippen LogP contribution in [-0.2, 0) is 0 Å². The third-order valence-corrected chi connectivity index (χ3v) is 6.24. The second-order valence-corrected chi connectivity index (χ2v) is 8.78. The smallest absolute Gasteiger partial charge is 0.258 e. The highest BCUT2D eigenvalue weighted by molar-refractivity contribution is 9.11. The summed E-state index contributed by atoms with van der Waals surface area (Å²) in [5.41, 5.74) is 3.87. The lowest BCUT2D eigenvalue weighted by Gasteiger charge is -2.40. The molecule has 5 heteroatoms. The Kier molecular flexibility index (Phi) is 5.56. The molecule has 0 spiro atoms. The molecule has 3 nitrogen and oxygen atoms in total. The fraction of sp³-hybridized carbons (Fsp3) is 0.174. The summed E-state index contributed by atoms with van der Waals surface area (Å²) >= 11 is 7.14. The highest BCUT2D eigenvalue weighted by Gasteiger charge is 2.34. The predicted octanol–water partition coefficient (Wildman–Crippen LogP) is 6.80. The van der Waals surface area contributed by atoms with Gasteiger partial charge < -0.3 is 10.2 Å². The molecule has 0 radical (unpaired) electrons. The topological polar surface area (TPSA) is 32.3 Å². The summed E-state index contributed by atoms with van der Waals surface area (Å²) in [6, 6.07) is 24.0. The number of halogens is 2. The molecule has 1 amide bonds. The number of nitrogens with one attached hydrogen (secondary N) is 1. The van der Waals surface area contributed by atoms with E-state index in [-0.39, 0.29) is 18.0 Å². The normalized spacial score (nSPS) is 18.5. The van der Waals surface area contributed by atoms with Gasteiger partial charge in [-0.3, -0.25) is 4.79 Å². The molecule has 0 unspecified atom stereocenters.